The van der Waals surface area contributed by atoms with Gasteiger partial charge in [-0.2, -0.15) is 0 Å². The molecule has 1 aliphatic rings. The van der Waals surface area contributed by atoms with Crippen LogP contribution in [0.15, 0.2) is 54.6 Å². The van der Waals surface area contributed by atoms with Crippen LogP contribution >= 0.6 is 0 Å². The van der Waals surface area contributed by atoms with Gasteiger partial charge in [0.15, 0.2) is 29.0 Å². The number of ether oxygens (including phenoxy) is 1. The van der Waals surface area contributed by atoms with E-state index in [1.54, 1.807) is 6.07 Å². The van der Waals surface area contributed by atoms with Crippen molar-refractivity contribution in [2.45, 2.75) is 31.8 Å². The molecule has 0 N–H and O–H groups in total. The molecule has 28 heavy (non-hydrogen) atoms. The van der Waals surface area contributed by atoms with Crippen LogP contribution < -0.4 is 4.74 Å². The lowest BCUT2D eigenvalue weighted by Gasteiger charge is -2.25. The molecule has 0 aromatic heterocycles. The molecule has 1 nitrogen and oxygen atoms in total. The summed E-state index contributed by atoms with van der Waals surface area (Å²) in [6, 6.07) is 14.3. The highest BCUT2D eigenvalue weighted by atomic mass is 19.2. The topological polar surface area (TPSA) is 9.23 Å². The van der Waals surface area contributed by atoms with Gasteiger partial charge in [-0.3, -0.25) is 0 Å². The summed E-state index contributed by atoms with van der Waals surface area (Å²) in [6.07, 6.45) is 3.72. The molecule has 144 valence electrons. The van der Waals surface area contributed by atoms with Gasteiger partial charge in [-0.15, -0.1) is 0 Å². The molecular weight excluding hydrogens is 368 g/mol. The third kappa shape index (κ3) is 3.75. The lowest BCUT2D eigenvalue weighted by Crippen LogP contribution is -2.08. The average molecular weight is 386 g/mol. The van der Waals surface area contributed by atoms with Crippen molar-refractivity contribution in [3.8, 4) is 16.9 Å². The van der Waals surface area contributed by atoms with Crippen LogP contribution in [0.3, 0.4) is 0 Å². The number of hydrogen-bond donors (Lipinski definition) is 0. The Morgan fingerprint density at radius 2 is 1.39 bits per heavy atom. The molecule has 0 spiro atoms. The molecule has 5 heteroatoms. The summed E-state index contributed by atoms with van der Waals surface area (Å²) in [5.74, 6) is -4.13. The molecule has 1 saturated carbocycles. The summed E-state index contributed by atoms with van der Waals surface area (Å²) in [6.45, 7) is -0.277. The summed E-state index contributed by atoms with van der Waals surface area (Å²) in [4.78, 5) is 0. The molecule has 4 rings (SSSR count). The summed E-state index contributed by atoms with van der Waals surface area (Å²) >= 11 is 0. The number of benzene rings is 3. The average Bonchev–Trinajstić information content (AvgIpc) is 2.64. The van der Waals surface area contributed by atoms with Crippen LogP contribution in [0.25, 0.3) is 11.1 Å². The Kier molecular flexibility index (Phi) is 5.07. The van der Waals surface area contributed by atoms with E-state index < -0.39 is 23.3 Å². The zero-order chi connectivity index (χ0) is 19.7. The third-order valence-corrected chi connectivity index (χ3v) is 5.19. The second-order valence-corrected chi connectivity index (χ2v) is 7.06. The quantitative estimate of drug-likeness (QED) is 0.348. The number of hydrogen-bond acceptors (Lipinski definition) is 1. The van der Waals surface area contributed by atoms with Gasteiger partial charge in [-0.25, -0.2) is 17.6 Å². The lowest BCUT2D eigenvalue weighted by molar-refractivity contribution is 0.288. The summed E-state index contributed by atoms with van der Waals surface area (Å²) < 4.78 is 59.2. The van der Waals surface area contributed by atoms with Gasteiger partial charge in [-0.1, -0.05) is 36.8 Å². The molecule has 0 atom stereocenters. The van der Waals surface area contributed by atoms with Crippen LogP contribution in [-0.2, 0) is 6.61 Å². The molecule has 0 saturated heterocycles. The van der Waals surface area contributed by atoms with Crippen molar-refractivity contribution >= 4 is 0 Å². The van der Waals surface area contributed by atoms with Gasteiger partial charge in [-0.05, 0) is 65.3 Å². The van der Waals surface area contributed by atoms with Crippen LogP contribution in [0.2, 0.25) is 0 Å². The van der Waals surface area contributed by atoms with Crippen molar-refractivity contribution in [3.05, 3.63) is 89.0 Å². The predicted octanol–water partition coefficient (Wildman–Crippen LogP) is 6.76. The van der Waals surface area contributed by atoms with Crippen LogP contribution in [0.5, 0.6) is 5.75 Å². The lowest BCUT2D eigenvalue weighted by atomic mass is 9.80. The van der Waals surface area contributed by atoms with Crippen molar-refractivity contribution in [2.24, 2.45) is 0 Å². The number of halogens is 4. The molecule has 0 amide bonds. The van der Waals surface area contributed by atoms with Crippen LogP contribution in [0.4, 0.5) is 17.6 Å². The van der Waals surface area contributed by atoms with E-state index in [1.165, 1.54) is 37.0 Å². The molecule has 0 radical (unpaired) electrons. The second kappa shape index (κ2) is 7.66. The molecule has 0 bridgehead atoms. The van der Waals surface area contributed by atoms with Crippen molar-refractivity contribution in [1.82, 2.24) is 0 Å². The standard InChI is InChI=1S/C23H18F4O/c24-19-12-18(17-6-4-16(5-7-17)15-2-1-3-15)8-9-22(19)28-13-14-10-20(25)23(27)21(26)11-14/h4-12,15H,1-3,13H2. The van der Waals surface area contributed by atoms with Crippen molar-refractivity contribution in [2.75, 3.05) is 0 Å². The monoisotopic (exact) mass is 386 g/mol. The van der Waals surface area contributed by atoms with Gasteiger partial charge in [0.1, 0.15) is 6.61 Å². The first-order valence-electron chi connectivity index (χ1n) is 9.17. The van der Waals surface area contributed by atoms with Crippen molar-refractivity contribution in [1.29, 1.82) is 0 Å². The van der Waals surface area contributed by atoms with Crippen molar-refractivity contribution < 1.29 is 22.3 Å². The fourth-order valence-electron chi connectivity index (χ4n) is 3.34. The molecule has 3 aromatic carbocycles. The van der Waals surface area contributed by atoms with Gasteiger partial charge in [0, 0.05) is 0 Å². The fraction of sp³-hybridized carbons (Fsp3) is 0.217. The summed E-state index contributed by atoms with van der Waals surface area (Å²) in [5, 5.41) is 0. The Balaban J connectivity index is 1.47. The maximum Gasteiger partial charge on any atom is 0.194 e. The first-order chi connectivity index (χ1) is 13.5. The smallest absolute Gasteiger partial charge is 0.194 e. The van der Waals surface area contributed by atoms with E-state index in [1.807, 2.05) is 12.1 Å². The highest BCUT2D eigenvalue weighted by Crippen LogP contribution is 2.37. The zero-order valence-corrected chi connectivity index (χ0v) is 15.0. The second-order valence-electron chi connectivity index (χ2n) is 7.06. The minimum atomic E-state index is -1.54. The minimum absolute atomic E-state index is 0.0417. The van der Waals surface area contributed by atoms with E-state index in [4.69, 9.17) is 4.74 Å². The third-order valence-electron chi connectivity index (χ3n) is 5.19. The van der Waals surface area contributed by atoms with E-state index in [0.717, 1.165) is 17.7 Å². The summed E-state index contributed by atoms with van der Waals surface area (Å²) in [5.41, 5.74) is 3.00. The summed E-state index contributed by atoms with van der Waals surface area (Å²) in [7, 11) is 0. The molecule has 0 heterocycles. The minimum Gasteiger partial charge on any atom is -0.486 e. The molecule has 3 aromatic rings. The largest absolute Gasteiger partial charge is 0.486 e. The maximum absolute atomic E-state index is 14.4. The van der Waals surface area contributed by atoms with E-state index in [0.29, 0.717) is 11.5 Å². The van der Waals surface area contributed by atoms with E-state index in [2.05, 4.69) is 12.1 Å². The van der Waals surface area contributed by atoms with Crippen molar-refractivity contribution in [3.63, 3.8) is 0 Å². The van der Waals surface area contributed by atoms with E-state index in [-0.39, 0.29) is 17.9 Å². The van der Waals surface area contributed by atoms with Crippen LogP contribution in [0.1, 0.15) is 36.3 Å². The molecule has 1 fully saturated rings. The Morgan fingerprint density at radius 3 is 1.96 bits per heavy atom. The first kappa shape index (κ1) is 18.5. The molecule has 0 unspecified atom stereocenters. The first-order valence-corrected chi connectivity index (χ1v) is 9.17. The Morgan fingerprint density at radius 1 is 0.750 bits per heavy atom. The van der Waals surface area contributed by atoms with Gasteiger partial charge in [0.05, 0.1) is 0 Å². The normalized spacial score (nSPS) is 14.0. The highest BCUT2D eigenvalue weighted by Gasteiger charge is 2.19. The van der Waals surface area contributed by atoms with E-state index >= 15 is 0 Å². The van der Waals surface area contributed by atoms with Gasteiger partial charge < -0.3 is 4.74 Å². The SMILES string of the molecule is Fc1cc(-c2ccc(C3CCC3)cc2)ccc1OCc1cc(F)c(F)c(F)c1. The van der Waals surface area contributed by atoms with Gasteiger partial charge in [0.2, 0.25) is 0 Å². The van der Waals surface area contributed by atoms with Crippen LogP contribution in [-0.4, -0.2) is 0 Å². The molecule has 0 aliphatic heterocycles. The number of rotatable bonds is 5. The highest BCUT2D eigenvalue weighted by molar-refractivity contribution is 5.64. The maximum atomic E-state index is 14.4. The van der Waals surface area contributed by atoms with Gasteiger partial charge >= 0.3 is 0 Å². The predicted molar refractivity (Wildman–Crippen MR) is 99.1 cm³/mol. The fourth-order valence-corrected chi connectivity index (χ4v) is 3.34. The van der Waals surface area contributed by atoms with Gasteiger partial charge in [0.25, 0.3) is 0 Å². The Labute approximate surface area is 160 Å². The Hall–Kier alpha value is -2.82. The Bertz CT molecular complexity index is 971. The molecule has 1 aliphatic carbocycles. The molecular formula is C23H18F4O. The van der Waals surface area contributed by atoms with E-state index in [9.17, 15) is 17.6 Å². The van der Waals surface area contributed by atoms with Crippen LogP contribution in [0, 0.1) is 23.3 Å². The zero-order valence-electron chi connectivity index (χ0n) is 15.0.